The molecule has 0 bridgehead atoms. The molecule has 1 aromatic carbocycles. The van der Waals surface area contributed by atoms with Gasteiger partial charge in [0.2, 0.25) is 0 Å². The van der Waals surface area contributed by atoms with Crippen LogP contribution in [0.15, 0.2) is 18.2 Å². The van der Waals surface area contributed by atoms with E-state index in [1.165, 1.54) is 17.1 Å². The molecule has 0 saturated heterocycles. The zero-order valence-corrected chi connectivity index (χ0v) is 11.1. The summed E-state index contributed by atoms with van der Waals surface area (Å²) in [5, 5.41) is 0. The Kier molecular flexibility index (Phi) is 3.45. The van der Waals surface area contributed by atoms with Crippen LogP contribution >= 0.6 is 11.5 Å². The normalized spacial score (nSPS) is 10.6. The molecule has 17 heavy (non-hydrogen) atoms. The first kappa shape index (κ1) is 12.1. The maximum atomic E-state index is 5.61. The summed E-state index contributed by atoms with van der Waals surface area (Å²) in [6, 6.07) is 6.22. The van der Waals surface area contributed by atoms with Crippen LogP contribution in [0.5, 0.6) is 5.75 Å². The molecule has 4 heteroatoms. The van der Waals surface area contributed by atoms with Gasteiger partial charge in [-0.05, 0) is 54.7 Å². The Hall–Kier alpha value is -1.39. The quantitative estimate of drug-likeness (QED) is 0.908. The molecule has 0 amide bonds. The van der Waals surface area contributed by atoms with E-state index < -0.39 is 0 Å². The predicted octanol–water partition coefficient (Wildman–Crippen LogP) is 2.89. The van der Waals surface area contributed by atoms with Crippen molar-refractivity contribution in [3.63, 3.8) is 0 Å². The molecule has 0 aliphatic carbocycles. The number of rotatable bonds is 3. The molecular weight excluding hydrogens is 232 g/mol. The van der Waals surface area contributed by atoms with Crippen molar-refractivity contribution in [1.82, 2.24) is 4.37 Å². The van der Waals surface area contributed by atoms with E-state index in [0.717, 1.165) is 27.4 Å². The number of aromatic nitrogens is 1. The smallest absolute Gasteiger partial charge is 0.122 e. The van der Waals surface area contributed by atoms with Crippen LogP contribution in [0.3, 0.4) is 0 Å². The van der Waals surface area contributed by atoms with Crippen molar-refractivity contribution in [1.29, 1.82) is 0 Å². The van der Waals surface area contributed by atoms with E-state index >= 15 is 0 Å². The third-order valence-electron chi connectivity index (χ3n) is 2.78. The zero-order valence-electron chi connectivity index (χ0n) is 10.3. The molecule has 2 aromatic rings. The Morgan fingerprint density at radius 1 is 1.24 bits per heavy atom. The fourth-order valence-electron chi connectivity index (χ4n) is 1.82. The van der Waals surface area contributed by atoms with Crippen molar-refractivity contribution in [2.45, 2.75) is 20.4 Å². The van der Waals surface area contributed by atoms with Gasteiger partial charge in [0.1, 0.15) is 5.75 Å². The van der Waals surface area contributed by atoms with E-state index in [1.807, 2.05) is 13.0 Å². The molecule has 0 spiro atoms. The predicted molar refractivity (Wildman–Crippen MR) is 71.5 cm³/mol. The lowest BCUT2D eigenvalue weighted by Crippen LogP contribution is -1.92. The van der Waals surface area contributed by atoms with Crippen LogP contribution in [0, 0.1) is 13.8 Å². The number of hydrogen-bond donors (Lipinski definition) is 1. The van der Waals surface area contributed by atoms with Crippen molar-refractivity contribution < 1.29 is 4.74 Å². The molecule has 0 fully saturated rings. The summed E-state index contributed by atoms with van der Waals surface area (Å²) in [5.41, 5.74) is 10.0. The van der Waals surface area contributed by atoms with Crippen LogP contribution in [0.2, 0.25) is 0 Å². The summed E-state index contributed by atoms with van der Waals surface area (Å²) in [6.45, 7) is 4.66. The average Bonchev–Trinajstić information content (AvgIpc) is 2.80. The molecule has 1 heterocycles. The fraction of sp³-hybridized carbons (Fsp3) is 0.308. The van der Waals surface area contributed by atoms with Crippen molar-refractivity contribution >= 4 is 11.5 Å². The summed E-state index contributed by atoms with van der Waals surface area (Å²) in [4.78, 5) is 1.10. The Labute approximate surface area is 105 Å². The van der Waals surface area contributed by atoms with E-state index in [9.17, 15) is 0 Å². The lowest BCUT2D eigenvalue weighted by molar-refractivity contribution is 0.411. The van der Waals surface area contributed by atoms with Gasteiger partial charge in [0.05, 0.1) is 12.8 Å². The molecule has 2 rings (SSSR count). The molecule has 0 radical (unpaired) electrons. The number of aryl methyl sites for hydroxylation is 2. The minimum absolute atomic E-state index is 0.547. The Bertz CT molecular complexity index is 534. The second-order valence-electron chi connectivity index (χ2n) is 4.02. The van der Waals surface area contributed by atoms with E-state index in [4.69, 9.17) is 10.5 Å². The van der Waals surface area contributed by atoms with Gasteiger partial charge in [-0.1, -0.05) is 0 Å². The third kappa shape index (κ3) is 2.33. The number of ether oxygens (including phenoxy) is 1. The summed E-state index contributed by atoms with van der Waals surface area (Å²) in [6.07, 6.45) is 0. The minimum atomic E-state index is 0.547. The average molecular weight is 248 g/mol. The third-order valence-corrected chi connectivity index (χ3v) is 3.58. The Balaban J connectivity index is 2.48. The van der Waals surface area contributed by atoms with Gasteiger partial charge in [-0.2, -0.15) is 4.37 Å². The van der Waals surface area contributed by atoms with Crippen LogP contribution in [0.1, 0.15) is 16.0 Å². The zero-order chi connectivity index (χ0) is 12.4. The highest BCUT2D eigenvalue weighted by Crippen LogP contribution is 2.30. The number of methoxy groups -OCH3 is 1. The van der Waals surface area contributed by atoms with Gasteiger partial charge in [0.15, 0.2) is 0 Å². The van der Waals surface area contributed by atoms with E-state index in [0.29, 0.717) is 6.54 Å². The lowest BCUT2D eigenvalue weighted by atomic mass is 10.0. The van der Waals surface area contributed by atoms with Crippen LogP contribution < -0.4 is 10.5 Å². The SMILES string of the molecule is COc1cc(C)c(-c2cc(CN)sn2)cc1C. The monoisotopic (exact) mass is 248 g/mol. The van der Waals surface area contributed by atoms with Gasteiger partial charge in [0, 0.05) is 17.0 Å². The van der Waals surface area contributed by atoms with Crippen molar-refractivity contribution in [3.8, 4) is 17.0 Å². The van der Waals surface area contributed by atoms with Crippen LogP contribution in [0.4, 0.5) is 0 Å². The first-order valence-corrected chi connectivity index (χ1v) is 6.24. The number of hydrogen-bond acceptors (Lipinski definition) is 4. The lowest BCUT2D eigenvalue weighted by Gasteiger charge is -2.09. The van der Waals surface area contributed by atoms with Crippen LogP contribution in [-0.2, 0) is 6.54 Å². The van der Waals surface area contributed by atoms with Crippen molar-refractivity contribution in [2.24, 2.45) is 5.73 Å². The largest absolute Gasteiger partial charge is 0.496 e. The van der Waals surface area contributed by atoms with E-state index in [2.05, 4.69) is 23.4 Å². The maximum absolute atomic E-state index is 5.61. The summed E-state index contributed by atoms with van der Waals surface area (Å²) < 4.78 is 9.74. The van der Waals surface area contributed by atoms with Gasteiger partial charge < -0.3 is 10.5 Å². The van der Waals surface area contributed by atoms with Crippen molar-refractivity contribution in [2.75, 3.05) is 7.11 Å². The van der Waals surface area contributed by atoms with Gasteiger partial charge in [0.25, 0.3) is 0 Å². The number of nitrogens with zero attached hydrogens (tertiary/aromatic N) is 1. The standard InChI is InChI=1S/C13H16N2OS/c1-8-5-13(16-3)9(2)4-11(8)12-6-10(7-14)17-15-12/h4-6H,7,14H2,1-3H3. The number of nitrogens with two attached hydrogens (primary N) is 1. The molecule has 90 valence electrons. The van der Waals surface area contributed by atoms with Crippen LogP contribution in [-0.4, -0.2) is 11.5 Å². The molecular formula is C13H16N2OS. The van der Waals surface area contributed by atoms with Gasteiger partial charge >= 0.3 is 0 Å². The second-order valence-corrected chi connectivity index (χ2v) is 4.91. The molecule has 2 N–H and O–H groups in total. The summed E-state index contributed by atoms with van der Waals surface area (Å²) in [5.74, 6) is 0.917. The topological polar surface area (TPSA) is 48.1 Å². The first-order valence-electron chi connectivity index (χ1n) is 5.47. The van der Waals surface area contributed by atoms with Gasteiger partial charge in [-0.25, -0.2) is 0 Å². The Morgan fingerprint density at radius 3 is 2.59 bits per heavy atom. The molecule has 1 aromatic heterocycles. The summed E-state index contributed by atoms with van der Waals surface area (Å²) >= 11 is 1.46. The molecule has 0 unspecified atom stereocenters. The second kappa shape index (κ2) is 4.85. The molecule has 0 aliphatic heterocycles. The fourth-order valence-corrected chi connectivity index (χ4v) is 2.43. The molecule has 0 aliphatic rings. The summed E-state index contributed by atoms with van der Waals surface area (Å²) in [7, 11) is 1.69. The molecule has 0 atom stereocenters. The highest BCUT2D eigenvalue weighted by atomic mass is 32.1. The highest BCUT2D eigenvalue weighted by Gasteiger charge is 2.09. The Morgan fingerprint density at radius 2 is 2.00 bits per heavy atom. The first-order chi connectivity index (χ1) is 8.15. The van der Waals surface area contributed by atoms with Gasteiger partial charge in [-0.15, -0.1) is 0 Å². The maximum Gasteiger partial charge on any atom is 0.122 e. The van der Waals surface area contributed by atoms with E-state index in [-0.39, 0.29) is 0 Å². The molecule has 3 nitrogen and oxygen atoms in total. The van der Waals surface area contributed by atoms with Crippen molar-refractivity contribution in [3.05, 3.63) is 34.2 Å². The van der Waals surface area contributed by atoms with Gasteiger partial charge in [-0.3, -0.25) is 0 Å². The van der Waals surface area contributed by atoms with E-state index in [1.54, 1.807) is 7.11 Å². The van der Waals surface area contributed by atoms with Crippen LogP contribution in [0.25, 0.3) is 11.3 Å². The number of benzene rings is 1. The molecule has 0 saturated carbocycles. The highest BCUT2D eigenvalue weighted by molar-refractivity contribution is 7.06. The minimum Gasteiger partial charge on any atom is -0.496 e.